The summed E-state index contributed by atoms with van der Waals surface area (Å²) in [4.78, 5) is 10.3. The van der Waals surface area contributed by atoms with Crippen LogP contribution < -0.4 is 5.73 Å². The first-order valence-corrected chi connectivity index (χ1v) is 5.57. The molecule has 1 aliphatic heterocycles. The van der Waals surface area contributed by atoms with E-state index in [0.717, 1.165) is 31.7 Å². The molecule has 1 unspecified atom stereocenters. The summed E-state index contributed by atoms with van der Waals surface area (Å²) in [6.07, 6.45) is 3.98. The van der Waals surface area contributed by atoms with E-state index >= 15 is 0 Å². The topological polar surface area (TPSA) is 55.0 Å². The van der Waals surface area contributed by atoms with E-state index in [0.29, 0.717) is 11.3 Å². The lowest BCUT2D eigenvalue weighted by Crippen LogP contribution is -2.42. The number of aromatic nitrogens is 2. The number of nitrogens with zero attached hydrogens (tertiary/aromatic N) is 3. The van der Waals surface area contributed by atoms with Crippen molar-refractivity contribution in [3.05, 3.63) is 23.2 Å². The lowest BCUT2D eigenvalue weighted by molar-refractivity contribution is 0.199. The second-order valence-electron chi connectivity index (χ2n) is 3.95. The van der Waals surface area contributed by atoms with Crippen LogP contribution in [0.1, 0.15) is 18.5 Å². The first-order chi connectivity index (χ1) is 7.24. The van der Waals surface area contributed by atoms with Crippen molar-refractivity contribution in [2.45, 2.75) is 25.4 Å². The summed E-state index contributed by atoms with van der Waals surface area (Å²) in [5.74, 6) is 0. The van der Waals surface area contributed by atoms with Crippen LogP contribution >= 0.6 is 24.0 Å². The Bertz CT molecular complexity index is 334. The van der Waals surface area contributed by atoms with Crippen LogP contribution in [0.3, 0.4) is 0 Å². The summed E-state index contributed by atoms with van der Waals surface area (Å²) in [6.45, 7) is 2.85. The molecule has 0 saturated carbocycles. The molecule has 1 fully saturated rings. The molecule has 0 bridgehead atoms. The maximum Gasteiger partial charge on any atom is 0.222 e. The molecular weight excluding hydrogens is 247 g/mol. The zero-order valence-corrected chi connectivity index (χ0v) is 10.5. The maximum atomic E-state index is 5.91. The van der Waals surface area contributed by atoms with Crippen molar-refractivity contribution in [1.29, 1.82) is 0 Å². The third-order valence-electron chi connectivity index (χ3n) is 2.61. The highest BCUT2D eigenvalue weighted by Gasteiger charge is 2.16. The van der Waals surface area contributed by atoms with Crippen LogP contribution in [0.15, 0.2) is 12.3 Å². The van der Waals surface area contributed by atoms with E-state index in [1.165, 1.54) is 6.42 Å². The fraction of sp³-hybridized carbons (Fsp3) is 0.600. The molecule has 6 heteroatoms. The quantitative estimate of drug-likeness (QED) is 0.821. The minimum absolute atomic E-state index is 0. The molecule has 0 aromatic carbocycles. The number of hydrogen-bond acceptors (Lipinski definition) is 4. The van der Waals surface area contributed by atoms with Crippen molar-refractivity contribution in [1.82, 2.24) is 14.9 Å². The van der Waals surface area contributed by atoms with Crippen molar-refractivity contribution >= 4 is 24.0 Å². The maximum absolute atomic E-state index is 5.91. The van der Waals surface area contributed by atoms with Gasteiger partial charge in [0.05, 0.1) is 5.69 Å². The van der Waals surface area contributed by atoms with Gasteiger partial charge in [-0.3, -0.25) is 4.90 Å². The summed E-state index contributed by atoms with van der Waals surface area (Å²) in [5, 5.41) is 0.314. The predicted molar refractivity (Wildman–Crippen MR) is 66.8 cm³/mol. The Morgan fingerprint density at radius 3 is 3.06 bits per heavy atom. The van der Waals surface area contributed by atoms with Gasteiger partial charge >= 0.3 is 0 Å². The third kappa shape index (κ3) is 3.87. The molecule has 2 heterocycles. The van der Waals surface area contributed by atoms with E-state index in [-0.39, 0.29) is 12.4 Å². The van der Waals surface area contributed by atoms with Gasteiger partial charge in [0.25, 0.3) is 0 Å². The Labute approximate surface area is 107 Å². The van der Waals surface area contributed by atoms with Gasteiger partial charge in [-0.2, -0.15) is 0 Å². The fourth-order valence-corrected chi connectivity index (χ4v) is 2.09. The number of likely N-dealkylation sites (tertiary alicyclic amines) is 1. The average Bonchev–Trinajstić information content (AvgIpc) is 2.17. The van der Waals surface area contributed by atoms with E-state index in [1.807, 2.05) is 6.07 Å². The summed E-state index contributed by atoms with van der Waals surface area (Å²) in [7, 11) is 0. The number of halogens is 2. The van der Waals surface area contributed by atoms with Gasteiger partial charge in [0.1, 0.15) is 0 Å². The van der Waals surface area contributed by atoms with Gasteiger partial charge in [0, 0.05) is 25.3 Å². The summed E-state index contributed by atoms with van der Waals surface area (Å²) < 4.78 is 0. The van der Waals surface area contributed by atoms with Crippen LogP contribution in [0, 0.1) is 0 Å². The Morgan fingerprint density at radius 1 is 1.56 bits per heavy atom. The van der Waals surface area contributed by atoms with Crippen LogP contribution in [0.4, 0.5) is 0 Å². The van der Waals surface area contributed by atoms with Crippen molar-refractivity contribution in [2.24, 2.45) is 5.73 Å². The minimum atomic E-state index is 0. The Kier molecular flexibility index (Phi) is 5.41. The molecule has 2 rings (SSSR count). The van der Waals surface area contributed by atoms with Crippen LogP contribution in [-0.2, 0) is 6.54 Å². The molecule has 90 valence electrons. The minimum Gasteiger partial charge on any atom is -0.327 e. The summed E-state index contributed by atoms with van der Waals surface area (Å²) >= 11 is 5.73. The molecule has 0 spiro atoms. The second-order valence-corrected chi connectivity index (χ2v) is 4.29. The molecule has 2 N–H and O–H groups in total. The number of hydrogen-bond donors (Lipinski definition) is 1. The first kappa shape index (κ1) is 13.6. The predicted octanol–water partition coefficient (Wildman–Crippen LogP) is 1.47. The molecule has 1 saturated heterocycles. The summed E-state index contributed by atoms with van der Waals surface area (Å²) in [5.41, 5.74) is 6.87. The van der Waals surface area contributed by atoms with Gasteiger partial charge in [-0.25, -0.2) is 9.97 Å². The van der Waals surface area contributed by atoms with Crippen LogP contribution in [-0.4, -0.2) is 34.0 Å². The van der Waals surface area contributed by atoms with Crippen molar-refractivity contribution in [2.75, 3.05) is 13.1 Å². The van der Waals surface area contributed by atoms with Gasteiger partial charge in [-0.15, -0.1) is 12.4 Å². The highest BCUT2D eigenvalue weighted by Crippen LogP contribution is 2.11. The van der Waals surface area contributed by atoms with Crippen LogP contribution in [0.5, 0.6) is 0 Å². The van der Waals surface area contributed by atoms with Gasteiger partial charge < -0.3 is 5.73 Å². The molecule has 1 aromatic rings. The number of piperidine rings is 1. The second kappa shape index (κ2) is 6.35. The standard InChI is InChI=1S/C10H15ClN4.ClH/c11-10-13-4-3-9(14-10)7-15-5-1-2-8(12)6-15;/h3-4,8H,1-2,5-7,12H2;1H. The van der Waals surface area contributed by atoms with E-state index in [2.05, 4.69) is 14.9 Å². The van der Waals surface area contributed by atoms with Crippen LogP contribution in [0.25, 0.3) is 0 Å². The molecule has 1 aliphatic rings. The van der Waals surface area contributed by atoms with Gasteiger partial charge in [-0.1, -0.05) is 0 Å². The summed E-state index contributed by atoms with van der Waals surface area (Å²) in [6, 6.07) is 2.20. The highest BCUT2D eigenvalue weighted by molar-refractivity contribution is 6.28. The molecule has 4 nitrogen and oxygen atoms in total. The van der Waals surface area contributed by atoms with Gasteiger partial charge in [0.2, 0.25) is 5.28 Å². The molecule has 0 aliphatic carbocycles. The Morgan fingerprint density at radius 2 is 2.38 bits per heavy atom. The van der Waals surface area contributed by atoms with Crippen molar-refractivity contribution in [3.63, 3.8) is 0 Å². The van der Waals surface area contributed by atoms with E-state index in [4.69, 9.17) is 17.3 Å². The average molecular weight is 263 g/mol. The molecule has 0 amide bonds. The van der Waals surface area contributed by atoms with E-state index in [9.17, 15) is 0 Å². The van der Waals surface area contributed by atoms with Gasteiger partial charge in [-0.05, 0) is 37.1 Å². The lowest BCUT2D eigenvalue weighted by atomic mass is 10.1. The van der Waals surface area contributed by atoms with Crippen molar-refractivity contribution < 1.29 is 0 Å². The fourth-order valence-electron chi connectivity index (χ4n) is 1.92. The Balaban J connectivity index is 0.00000128. The first-order valence-electron chi connectivity index (χ1n) is 5.19. The van der Waals surface area contributed by atoms with Crippen LogP contribution in [0.2, 0.25) is 5.28 Å². The molecule has 16 heavy (non-hydrogen) atoms. The molecule has 1 aromatic heterocycles. The van der Waals surface area contributed by atoms with E-state index < -0.39 is 0 Å². The SMILES string of the molecule is Cl.NC1CCCN(Cc2ccnc(Cl)n2)C1. The van der Waals surface area contributed by atoms with E-state index in [1.54, 1.807) is 6.20 Å². The zero-order chi connectivity index (χ0) is 10.7. The monoisotopic (exact) mass is 262 g/mol. The Hall–Kier alpha value is -0.420. The molecular formula is C10H16Cl2N4. The highest BCUT2D eigenvalue weighted by atomic mass is 35.5. The number of nitrogens with two attached hydrogens (primary N) is 1. The zero-order valence-electron chi connectivity index (χ0n) is 8.97. The third-order valence-corrected chi connectivity index (χ3v) is 2.79. The lowest BCUT2D eigenvalue weighted by Gasteiger charge is -2.30. The van der Waals surface area contributed by atoms with Crippen molar-refractivity contribution in [3.8, 4) is 0 Å². The number of rotatable bonds is 2. The molecule has 0 radical (unpaired) electrons. The van der Waals surface area contributed by atoms with Gasteiger partial charge in [0.15, 0.2) is 0 Å². The smallest absolute Gasteiger partial charge is 0.222 e. The normalized spacial score (nSPS) is 21.5. The molecule has 1 atom stereocenters. The largest absolute Gasteiger partial charge is 0.327 e.